The third-order valence-electron chi connectivity index (χ3n) is 3.38. The van der Waals surface area contributed by atoms with E-state index in [-0.39, 0.29) is 12.1 Å². The maximum absolute atomic E-state index is 11.9. The summed E-state index contributed by atoms with van der Waals surface area (Å²) in [5.41, 5.74) is 2.24. The van der Waals surface area contributed by atoms with Gasteiger partial charge < -0.3 is 9.64 Å². The molecule has 1 N–H and O–H groups in total. The molecule has 23 heavy (non-hydrogen) atoms. The lowest BCUT2D eigenvalue weighted by Crippen LogP contribution is -2.36. The van der Waals surface area contributed by atoms with Gasteiger partial charge >= 0.3 is 6.03 Å². The molecule has 122 valence electrons. The minimum atomic E-state index is -0.225. The monoisotopic (exact) mass is 314 g/mol. The Morgan fingerprint density at radius 2 is 1.78 bits per heavy atom. The number of anilines is 1. The van der Waals surface area contributed by atoms with E-state index in [1.54, 1.807) is 11.9 Å². The van der Waals surface area contributed by atoms with E-state index in [0.717, 1.165) is 11.1 Å². The van der Waals surface area contributed by atoms with Gasteiger partial charge in [-0.2, -0.15) is 0 Å². The fourth-order valence-corrected chi connectivity index (χ4v) is 1.98. The van der Waals surface area contributed by atoms with Crippen LogP contribution in [0.15, 0.2) is 30.6 Å². The zero-order valence-electron chi connectivity index (χ0n) is 14.1. The van der Waals surface area contributed by atoms with Crippen LogP contribution in [0.1, 0.15) is 25.0 Å². The maximum atomic E-state index is 11.9. The molecule has 0 aliphatic carbocycles. The largest absolute Gasteiger partial charge is 0.437 e. The van der Waals surface area contributed by atoms with E-state index in [0.29, 0.717) is 17.4 Å². The van der Waals surface area contributed by atoms with Crippen molar-refractivity contribution < 1.29 is 9.53 Å². The van der Waals surface area contributed by atoms with Crippen LogP contribution < -0.4 is 10.1 Å². The summed E-state index contributed by atoms with van der Waals surface area (Å²) in [6, 6.07) is 5.82. The van der Waals surface area contributed by atoms with Crippen LogP contribution in [0.2, 0.25) is 0 Å². The van der Waals surface area contributed by atoms with Crippen molar-refractivity contribution in [1.82, 2.24) is 14.9 Å². The minimum Gasteiger partial charge on any atom is -0.437 e. The molecule has 0 atom stereocenters. The number of benzene rings is 1. The van der Waals surface area contributed by atoms with Crippen molar-refractivity contribution in [2.75, 3.05) is 12.4 Å². The predicted molar refractivity (Wildman–Crippen MR) is 89.9 cm³/mol. The number of rotatable bonds is 4. The number of ether oxygens (including phenoxy) is 1. The van der Waals surface area contributed by atoms with Gasteiger partial charge in [0, 0.05) is 13.1 Å². The number of amides is 2. The van der Waals surface area contributed by atoms with Gasteiger partial charge in [-0.25, -0.2) is 14.8 Å². The molecule has 6 nitrogen and oxygen atoms in total. The Morgan fingerprint density at radius 3 is 2.30 bits per heavy atom. The lowest BCUT2D eigenvalue weighted by Gasteiger charge is -2.21. The first-order valence-corrected chi connectivity index (χ1v) is 7.47. The second-order valence-electron chi connectivity index (χ2n) is 5.80. The fraction of sp³-hybridized carbons (Fsp3) is 0.353. The Hall–Kier alpha value is -2.63. The number of nitrogens with zero attached hydrogens (tertiary/aromatic N) is 3. The maximum Gasteiger partial charge on any atom is 0.323 e. The summed E-state index contributed by atoms with van der Waals surface area (Å²) in [5.74, 6) is 1.48. The fourth-order valence-electron chi connectivity index (χ4n) is 1.98. The van der Waals surface area contributed by atoms with Gasteiger partial charge in [0.05, 0.1) is 12.4 Å². The van der Waals surface area contributed by atoms with Crippen LogP contribution in [-0.4, -0.2) is 34.0 Å². The topological polar surface area (TPSA) is 67.3 Å². The molecule has 2 amide bonds. The molecule has 1 aromatic carbocycles. The van der Waals surface area contributed by atoms with E-state index < -0.39 is 0 Å². The third kappa shape index (κ3) is 4.67. The second-order valence-corrected chi connectivity index (χ2v) is 5.80. The highest BCUT2D eigenvalue weighted by atomic mass is 16.5. The molecule has 2 rings (SSSR count). The van der Waals surface area contributed by atoms with Crippen molar-refractivity contribution >= 4 is 11.8 Å². The van der Waals surface area contributed by atoms with E-state index in [2.05, 4.69) is 21.4 Å². The molecule has 0 spiro atoms. The van der Waals surface area contributed by atoms with E-state index in [1.165, 1.54) is 12.4 Å². The van der Waals surface area contributed by atoms with Crippen molar-refractivity contribution in [3.05, 3.63) is 41.7 Å². The predicted octanol–water partition coefficient (Wildman–Crippen LogP) is 3.76. The highest BCUT2D eigenvalue weighted by Gasteiger charge is 2.12. The van der Waals surface area contributed by atoms with Crippen LogP contribution in [0, 0.1) is 13.8 Å². The van der Waals surface area contributed by atoms with Crippen molar-refractivity contribution in [2.45, 2.75) is 33.7 Å². The number of hydrogen-bond donors (Lipinski definition) is 1. The summed E-state index contributed by atoms with van der Waals surface area (Å²) >= 11 is 0. The number of carbonyl (C=O) groups is 1. The highest BCUT2D eigenvalue weighted by molar-refractivity contribution is 5.88. The SMILES string of the molecule is Cc1cc(C)cc(Oc2cnc(NC(=O)N(C)C(C)C)cn2)c1. The summed E-state index contributed by atoms with van der Waals surface area (Å²) in [6.45, 7) is 7.89. The second kappa shape index (κ2) is 7.09. The Bertz CT molecular complexity index is 663. The molecular formula is C17H22N4O2. The van der Waals surface area contributed by atoms with Crippen LogP contribution in [0.4, 0.5) is 10.6 Å². The van der Waals surface area contributed by atoms with Gasteiger partial charge in [-0.3, -0.25) is 5.32 Å². The van der Waals surface area contributed by atoms with Gasteiger partial charge in [0.25, 0.3) is 0 Å². The summed E-state index contributed by atoms with van der Waals surface area (Å²) in [4.78, 5) is 21.8. The Morgan fingerprint density at radius 1 is 1.13 bits per heavy atom. The van der Waals surface area contributed by atoms with Gasteiger partial charge in [-0.1, -0.05) is 6.07 Å². The zero-order chi connectivity index (χ0) is 17.0. The Labute approximate surface area is 136 Å². The number of aryl methyl sites for hydroxylation is 2. The van der Waals surface area contributed by atoms with Crippen LogP contribution in [-0.2, 0) is 0 Å². The van der Waals surface area contributed by atoms with Gasteiger partial charge in [-0.15, -0.1) is 0 Å². The molecule has 0 aliphatic heterocycles. The molecular weight excluding hydrogens is 292 g/mol. The van der Waals surface area contributed by atoms with E-state index in [1.807, 2.05) is 39.8 Å². The number of nitrogens with one attached hydrogen (secondary N) is 1. The van der Waals surface area contributed by atoms with Gasteiger partial charge in [0.2, 0.25) is 5.88 Å². The molecule has 1 aromatic heterocycles. The highest BCUT2D eigenvalue weighted by Crippen LogP contribution is 2.22. The molecule has 0 saturated carbocycles. The molecule has 0 aliphatic rings. The summed E-state index contributed by atoms with van der Waals surface area (Å²) in [6.07, 6.45) is 2.96. The number of hydrogen-bond acceptors (Lipinski definition) is 4. The zero-order valence-corrected chi connectivity index (χ0v) is 14.1. The summed E-state index contributed by atoms with van der Waals surface area (Å²) in [5, 5.41) is 2.69. The lowest BCUT2D eigenvalue weighted by molar-refractivity contribution is 0.211. The first-order chi connectivity index (χ1) is 10.8. The van der Waals surface area contributed by atoms with Crippen molar-refractivity contribution in [1.29, 1.82) is 0 Å². The minimum absolute atomic E-state index is 0.107. The third-order valence-corrected chi connectivity index (χ3v) is 3.38. The Kier molecular flexibility index (Phi) is 5.16. The van der Waals surface area contributed by atoms with Gasteiger partial charge in [0.15, 0.2) is 5.82 Å². The molecule has 0 fully saturated rings. The molecule has 2 aromatic rings. The molecule has 6 heteroatoms. The molecule has 0 unspecified atom stereocenters. The number of aromatic nitrogens is 2. The van der Waals surface area contributed by atoms with Crippen LogP contribution >= 0.6 is 0 Å². The smallest absolute Gasteiger partial charge is 0.323 e. The van der Waals surface area contributed by atoms with Crippen LogP contribution in [0.5, 0.6) is 11.6 Å². The van der Waals surface area contributed by atoms with E-state index >= 15 is 0 Å². The van der Waals surface area contributed by atoms with Gasteiger partial charge in [-0.05, 0) is 51.0 Å². The molecule has 1 heterocycles. The van der Waals surface area contributed by atoms with Crippen molar-refractivity contribution in [3.8, 4) is 11.6 Å². The van der Waals surface area contributed by atoms with Crippen LogP contribution in [0.25, 0.3) is 0 Å². The average molecular weight is 314 g/mol. The van der Waals surface area contributed by atoms with Crippen LogP contribution in [0.3, 0.4) is 0 Å². The van der Waals surface area contributed by atoms with Gasteiger partial charge in [0.1, 0.15) is 5.75 Å². The molecule has 0 radical (unpaired) electrons. The number of urea groups is 1. The lowest BCUT2D eigenvalue weighted by atomic mass is 10.1. The Balaban J connectivity index is 2.03. The van der Waals surface area contributed by atoms with Crippen molar-refractivity contribution in [3.63, 3.8) is 0 Å². The van der Waals surface area contributed by atoms with E-state index in [4.69, 9.17) is 4.74 Å². The first kappa shape index (κ1) is 16.7. The first-order valence-electron chi connectivity index (χ1n) is 7.47. The normalized spacial score (nSPS) is 10.5. The molecule has 0 saturated heterocycles. The summed E-state index contributed by atoms with van der Waals surface area (Å²) in [7, 11) is 1.73. The average Bonchev–Trinajstić information content (AvgIpc) is 2.47. The quantitative estimate of drug-likeness (QED) is 0.933. The van der Waals surface area contributed by atoms with Crippen molar-refractivity contribution in [2.24, 2.45) is 0 Å². The number of carbonyl (C=O) groups excluding carboxylic acids is 1. The molecule has 0 bridgehead atoms. The summed E-state index contributed by atoms with van der Waals surface area (Å²) < 4.78 is 5.69. The standard InChI is InChI=1S/C17H22N4O2/c1-11(2)21(5)17(22)20-15-9-19-16(10-18-15)23-14-7-12(3)6-13(4)8-14/h6-11H,1-5H3,(H,18,20,22). The van der Waals surface area contributed by atoms with E-state index in [9.17, 15) is 4.79 Å².